The lowest BCUT2D eigenvalue weighted by atomic mass is 10.0. The number of phosphoric acid groups is 2. The van der Waals surface area contributed by atoms with Gasteiger partial charge in [0.25, 0.3) is 0 Å². The smallest absolute Gasteiger partial charge is 0.462 e. The summed E-state index contributed by atoms with van der Waals surface area (Å²) in [6, 6.07) is 0. The zero-order valence-electron chi connectivity index (χ0n) is 67.2. The second-order valence-corrected chi connectivity index (χ2v) is 29.8. The molecule has 3 N–H and O–H groups in total. The molecule has 0 aliphatic carbocycles. The van der Waals surface area contributed by atoms with Gasteiger partial charge in [-0.05, 0) is 148 Å². The van der Waals surface area contributed by atoms with Crippen molar-refractivity contribution in [2.45, 2.75) is 329 Å². The molecule has 0 aliphatic rings. The van der Waals surface area contributed by atoms with E-state index < -0.39 is 97.5 Å². The number of hydrogen-bond acceptors (Lipinski definition) is 15. The van der Waals surface area contributed by atoms with Crippen LogP contribution in [0.15, 0.2) is 170 Å². The molecule has 108 heavy (non-hydrogen) atoms. The first-order chi connectivity index (χ1) is 52.7. The number of ether oxygens (including phenoxy) is 4. The van der Waals surface area contributed by atoms with Crippen molar-refractivity contribution in [1.82, 2.24) is 0 Å². The van der Waals surface area contributed by atoms with Crippen LogP contribution in [0.1, 0.15) is 310 Å². The zero-order chi connectivity index (χ0) is 78.9. The summed E-state index contributed by atoms with van der Waals surface area (Å²) in [5, 5.41) is 10.7. The number of carbonyl (C=O) groups is 4. The molecule has 0 aromatic heterocycles. The molecule has 19 heteroatoms. The molecule has 614 valence electrons. The lowest BCUT2D eigenvalue weighted by Gasteiger charge is -2.21. The van der Waals surface area contributed by atoms with E-state index in [0.717, 1.165) is 161 Å². The predicted molar refractivity (Wildman–Crippen MR) is 445 cm³/mol. The molecule has 0 amide bonds. The highest BCUT2D eigenvalue weighted by atomic mass is 31.2. The fourth-order valence-corrected chi connectivity index (χ4v) is 12.1. The highest BCUT2D eigenvalue weighted by molar-refractivity contribution is 7.47. The van der Waals surface area contributed by atoms with E-state index in [9.17, 15) is 43.2 Å². The van der Waals surface area contributed by atoms with E-state index in [1.807, 2.05) is 12.2 Å². The number of unbranched alkanes of at least 4 members (excludes halogenated alkanes) is 22. The van der Waals surface area contributed by atoms with Crippen molar-refractivity contribution < 1.29 is 80.2 Å². The monoisotopic (exact) mass is 1550 g/mol. The van der Waals surface area contributed by atoms with Crippen LogP contribution in [0.25, 0.3) is 0 Å². The first-order valence-corrected chi connectivity index (χ1v) is 44.4. The summed E-state index contributed by atoms with van der Waals surface area (Å²) < 4.78 is 68.6. The average Bonchev–Trinajstić information content (AvgIpc) is 0.906. The quantitative estimate of drug-likeness (QED) is 0.0169. The Bertz CT molecular complexity index is 2710. The lowest BCUT2D eigenvalue weighted by molar-refractivity contribution is -0.161. The second-order valence-electron chi connectivity index (χ2n) is 26.9. The van der Waals surface area contributed by atoms with Crippen LogP contribution >= 0.6 is 15.6 Å². The van der Waals surface area contributed by atoms with Crippen molar-refractivity contribution in [3.05, 3.63) is 170 Å². The van der Waals surface area contributed by atoms with Crippen molar-refractivity contribution in [2.75, 3.05) is 39.6 Å². The number of rotatable bonds is 76. The Morgan fingerprint density at radius 1 is 0.269 bits per heavy atom. The van der Waals surface area contributed by atoms with E-state index in [4.69, 9.17) is 37.0 Å². The molecule has 0 fully saturated rings. The molecule has 0 aromatic rings. The minimum absolute atomic E-state index is 0.00268. The van der Waals surface area contributed by atoms with E-state index in [-0.39, 0.29) is 25.7 Å². The van der Waals surface area contributed by atoms with Gasteiger partial charge in [0.15, 0.2) is 12.2 Å². The predicted octanol–water partition coefficient (Wildman–Crippen LogP) is 24.6. The maximum Gasteiger partial charge on any atom is 0.472 e. The summed E-state index contributed by atoms with van der Waals surface area (Å²) in [5.41, 5.74) is 0. The largest absolute Gasteiger partial charge is 0.472 e. The van der Waals surface area contributed by atoms with Crippen LogP contribution in [-0.2, 0) is 65.4 Å². The highest BCUT2D eigenvalue weighted by Gasteiger charge is 2.30. The van der Waals surface area contributed by atoms with Crippen LogP contribution in [0.4, 0.5) is 0 Å². The fraction of sp³-hybridized carbons (Fsp3) is 0.640. The van der Waals surface area contributed by atoms with Crippen molar-refractivity contribution in [3.8, 4) is 0 Å². The molecule has 0 saturated carbocycles. The molecule has 0 aromatic carbocycles. The molecule has 0 bridgehead atoms. The van der Waals surface area contributed by atoms with Crippen molar-refractivity contribution in [2.24, 2.45) is 0 Å². The van der Waals surface area contributed by atoms with Crippen LogP contribution < -0.4 is 0 Å². The SMILES string of the molecule is CC/C=C\C/C=C\C/C=C\C/C=C\C/C=C\CCCCCC(=O)OCC(COP(=O)(O)OCC(O)COP(=O)(O)OCC(COC(=O)CCCCCC/C=C\C/C=C\C/C=C\C/C=C\CC)OC(=O)CCCCCCCCCCCCCCCCC)OC(=O)CCC/C=C\C/C=C\C/C=C\C/C=C\C/C=C\CC. The number of carbonyl (C=O) groups excluding carboxylic acids is 4. The standard InChI is InChI=1S/C89H146O17P2/c1-5-9-13-17-21-25-29-33-37-40-41-44-47-50-54-58-62-66-70-74-87(92)100-80-85(106-89(94)76-72-68-64-60-56-52-48-43-39-35-31-27-23-19-15-11-7-3)82-104-108(97,98)102-78-83(90)77-101-107(95,96)103-81-84(105-88(93)75-71-67-63-59-55-51-45-36-32-28-24-20-16-12-8-4)79-99-86(91)73-69-65-61-57-53-49-46-42-38-34-30-26-22-18-14-10-6-2/h9-11,13-15,21-23,25-27,33-35,37-39,41,44,46,48-50,52,54,60,64,83-85,90H,5-8,12,16-20,24,28-32,36,40,42-43,45,47,51,53,55-59,61-63,65-82H2,1-4H3,(H,95,96)(H,97,98)/b13-9-,14-10-,15-11-,25-21-,26-22-,27-23-,37-33-,38-34-,39-35-,44-41-,49-46-,52-48-,54-50-,64-60-. The second kappa shape index (κ2) is 79.5. The van der Waals surface area contributed by atoms with Gasteiger partial charge < -0.3 is 33.8 Å². The van der Waals surface area contributed by atoms with E-state index in [0.29, 0.717) is 32.1 Å². The first kappa shape index (κ1) is 102. The molecule has 0 radical (unpaired) electrons. The Kier molecular flexibility index (Phi) is 75.4. The summed E-state index contributed by atoms with van der Waals surface area (Å²) in [7, 11) is -10.0. The first-order valence-electron chi connectivity index (χ1n) is 41.4. The van der Waals surface area contributed by atoms with Gasteiger partial charge in [0.05, 0.1) is 26.4 Å². The van der Waals surface area contributed by atoms with Crippen LogP contribution in [0, 0.1) is 0 Å². The van der Waals surface area contributed by atoms with Gasteiger partial charge in [0.1, 0.15) is 19.3 Å². The fourth-order valence-electron chi connectivity index (χ4n) is 10.5. The van der Waals surface area contributed by atoms with Gasteiger partial charge in [0, 0.05) is 25.7 Å². The third-order valence-electron chi connectivity index (χ3n) is 16.7. The number of phosphoric ester groups is 2. The summed E-state index contributed by atoms with van der Waals surface area (Å²) in [4.78, 5) is 73.2. The van der Waals surface area contributed by atoms with Crippen LogP contribution in [0.5, 0.6) is 0 Å². The molecule has 0 heterocycles. The molecule has 0 aliphatic heterocycles. The molecular weight excluding hydrogens is 1400 g/mol. The minimum atomic E-state index is -5.01. The topological polar surface area (TPSA) is 237 Å². The summed E-state index contributed by atoms with van der Waals surface area (Å²) >= 11 is 0. The van der Waals surface area contributed by atoms with Crippen LogP contribution in [0.3, 0.4) is 0 Å². The zero-order valence-corrected chi connectivity index (χ0v) is 69.0. The van der Waals surface area contributed by atoms with Gasteiger partial charge >= 0.3 is 39.5 Å². The van der Waals surface area contributed by atoms with E-state index in [2.05, 4.69) is 186 Å². The summed E-state index contributed by atoms with van der Waals surface area (Å²) in [5.74, 6) is -2.31. The van der Waals surface area contributed by atoms with Crippen molar-refractivity contribution in [3.63, 3.8) is 0 Å². The Labute approximate surface area is 654 Å². The molecule has 5 unspecified atom stereocenters. The lowest BCUT2D eigenvalue weighted by Crippen LogP contribution is -2.30. The Morgan fingerprint density at radius 3 is 0.787 bits per heavy atom. The number of aliphatic hydroxyl groups excluding tert-OH is 1. The van der Waals surface area contributed by atoms with Gasteiger partial charge in [-0.3, -0.25) is 37.3 Å². The molecule has 5 atom stereocenters. The maximum absolute atomic E-state index is 13.1. The minimum Gasteiger partial charge on any atom is -0.462 e. The van der Waals surface area contributed by atoms with Crippen LogP contribution in [0.2, 0.25) is 0 Å². The third kappa shape index (κ3) is 78.5. The number of aliphatic hydroxyl groups is 1. The van der Waals surface area contributed by atoms with Gasteiger partial charge in [-0.2, -0.15) is 0 Å². The molecular formula is C89H146O17P2. The highest BCUT2D eigenvalue weighted by Crippen LogP contribution is 2.45. The van der Waals surface area contributed by atoms with Crippen molar-refractivity contribution in [1.29, 1.82) is 0 Å². The normalized spacial score (nSPS) is 14.7. The third-order valence-corrected chi connectivity index (χ3v) is 18.6. The van der Waals surface area contributed by atoms with Crippen molar-refractivity contribution >= 4 is 39.5 Å². The Morgan fingerprint density at radius 2 is 0.491 bits per heavy atom. The van der Waals surface area contributed by atoms with Gasteiger partial charge in [0.2, 0.25) is 0 Å². The van der Waals surface area contributed by atoms with Crippen LogP contribution in [-0.4, -0.2) is 96.7 Å². The van der Waals surface area contributed by atoms with Gasteiger partial charge in [-0.15, -0.1) is 0 Å². The number of hydrogen-bond donors (Lipinski definition) is 3. The van der Waals surface area contributed by atoms with Gasteiger partial charge in [-0.1, -0.05) is 307 Å². The molecule has 0 spiro atoms. The summed E-state index contributed by atoms with van der Waals surface area (Å²) in [6.07, 6.45) is 94.7. The van der Waals surface area contributed by atoms with E-state index in [1.165, 1.54) is 64.2 Å². The molecule has 0 saturated heterocycles. The number of allylic oxidation sites excluding steroid dienone is 28. The maximum atomic E-state index is 13.1. The van der Waals surface area contributed by atoms with E-state index in [1.54, 1.807) is 0 Å². The summed E-state index contributed by atoms with van der Waals surface area (Å²) in [6.45, 7) is 4.42. The molecule has 0 rings (SSSR count). The average molecular weight is 1550 g/mol. The molecule has 17 nitrogen and oxygen atoms in total. The van der Waals surface area contributed by atoms with E-state index >= 15 is 0 Å². The number of esters is 4. The van der Waals surface area contributed by atoms with Gasteiger partial charge in [-0.25, -0.2) is 9.13 Å². The Balaban J connectivity index is 5.49. The Hall–Kier alpha value is -5.58.